The minimum absolute atomic E-state index is 0.0714. The standard InChI is InChI=1S/C9H9BrClN5O/c10-7-6-8(13-9(11)12-7)16(15-14-6)4-2-1-3-5(4)17/h4-5,17H,1-3H2/t4-,5+/m0/s1. The molecule has 1 fully saturated rings. The van der Waals surface area contributed by atoms with Crippen molar-refractivity contribution in [3.8, 4) is 0 Å². The third-order valence-corrected chi connectivity index (χ3v) is 3.73. The molecule has 2 aromatic rings. The second kappa shape index (κ2) is 4.15. The fraction of sp³-hybridized carbons (Fsp3) is 0.556. The van der Waals surface area contributed by atoms with Crippen molar-refractivity contribution in [3.05, 3.63) is 9.89 Å². The Morgan fingerprint density at radius 1 is 1.35 bits per heavy atom. The molecule has 2 aromatic heterocycles. The van der Waals surface area contributed by atoms with E-state index in [1.807, 2.05) is 0 Å². The summed E-state index contributed by atoms with van der Waals surface area (Å²) in [5, 5.41) is 18.1. The van der Waals surface area contributed by atoms with Crippen LogP contribution in [0.25, 0.3) is 11.2 Å². The molecular formula is C9H9BrClN5O. The van der Waals surface area contributed by atoms with Gasteiger partial charge < -0.3 is 5.11 Å². The highest BCUT2D eigenvalue weighted by molar-refractivity contribution is 9.10. The van der Waals surface area contributed by atoms with Gasteiger partial charge in [0, 0.05) is 0 Å². The second-order valence-electron chi connectivity index (χ2n) is 4.06. The van der Waals surface area contributed by atoms with Crippen molar-refractivity contribution in [3.63, 3.8) is 0 Å². The molecule has 0 aromatic carbocycles. The summed E-state index contributed by atoms with van der Waals surface area (Å²) >= 11 is 9.08. The van der Waals surface area contributed by atoms with E-state index >= 15 is 0 Å². The van der Waals surface area contributed by atoms with Gasteiger partial charge in [0.05, 0.1) is 12.1 Å². The molecule has 17 heavy (non-hydrogen) atoms. The van der Waals surface area contributed by atoms with Gasteiger partial charge in [-0.3, -0.25) is 0 Å². The lowest BCUT2D eigenvalue weighted by Crippen LogP contribution is -2.19. The van der Waals surface area contributed by atoms with E-state index in [1.54, 1.807) is 4.68 Å². The minimum atomic E-state index is -0.396. The molecule has 2 heterocycles. The maximum absolute atomic E-state index is 9.88. The zero-order valence-electron chi connectivity index (χ0n) is 8.72. The first kappa shape index (κ1) is 11.3. The summed E-state index contributed by atoms with van der Waals surface area (Å²) < 4.78 is 2.16. The Balaban J connectivity index is 2.17. The van der Waals surface area contributed by atoms with Gasteiger partial charge in [-0.2, -0.15) is 4.98 Å². The zero-order chi connectivity index (χ0) is 12.0. The Morgan fingerprint density at radius 2 is 2.18 bits per heavy atom. The predicted octanol–water partition coefficient (Wildman–Crippen LogP) is 1.72. The molecule has 1 aliphatic rings. The van der Waals surface area contributed by atoms with E-state index < -0.39 is 6.10 Å². The van der Waals surface area contributed by atoms with E-state index in [0.29, 0.717) is 15.8 Å². The van der Waals surface area contributed by atoms with Gasteiger partial charge >= 0.3 is 0 Å². The highest BCUT2D eigenvalue weighted by Gasteiger charge is 2.30. The number of aliphatic hydroxyl groups is 1. The second-order valence-corrected chi connectivity index (χ2v) is 5.14. The first-order chi connectivity index (χ1) is 8.16. The Kier molecular flexibility index (Phi) is 2.76. The van der Waals surface area contributed by atoms with Crippen LogP contribution < -0.4 is 0 Å². The molecule has 8 heteroatoms. The van der Waals surface area contributed by atoms with Crippen LogP contribution in [0.5, 0.6) is 0 Å². The van der Waals surface area contributed by atoms with Crippen LogP contribution in [0.3, 0.4) is 0 Å². The number of rotatable bonds is 1. The van der Waals surface area contributed by atoms with Crippen LogP contribution in [0, 0.1) is 0 Å². The molecule has 0 unspecified atom stereocenters. The number of fused-ring (bicyclic) bond motifs is 1. The first-order valence-corrected chi connectivity index (χ1v) is 6.46. The van der Waals surface area contributed by atoms with Crippen LogP contribution in [0.4, 0.5) is 0 Å². The Labute approximate surface area is 110 Å². The molecule has 0 saturated heterocycles. The smallest absolute Gasteiger partial charge is 0.225 e. The minimum Gasteiger partial charge on any atom is -0.391 e. The fourth-order valence-electron chi connectivity index (χ4n) is 2.20. The number of hydrogen-bond acceptors (Lipinski definition) is 5. The maximum Gasteiger partial charge on any atom is 0.225 e. The molecule has 1 N–H and O–H groups in total. The maximum atomic E-state index is 9.88. The largest absolute Gasteiger partial charge is 0.391 e. The molecule has 3 rings (SSSR count). The zero-order valence-corrected chi connectivity index (χ0v) is 11.1. The van der Waals surface area contributed by atoms with Crippen LogP contribution in [0.1, 0.15) is 25.3 Å². The Bertz CT molecular complexity index is 574. The number of nitrogens with zero attached hydrogens (tertiary/aromatic N) is 5. The summed E-state index contributed by atoms with van der Waals surface area (Å²) in [5.74, 6) is 0. The summed E-state index contributed by atoms with van der Waals surface area (Å²) in [6.45, 7) is 0. The average Bonchev–Trinajstić information content (AvgIpc) is 2.84. The molecule has 1 aliphatic carbocycles. The van der Waals surface area contributed by atoms with Crippen molar-refractivity contribution in [1.82, 2.24) is 25.0 Å². The summed E-state index contributed by atoms with van der Waals surface area (Å²) in [7, 11) is 0. The lowest BCUT2D eigenvalue weighted by atomic mass is 10.2. The SMILES string of the molecule is O[C@@H]1CCC[C@@H]1n1nnc2c(Br)nc(Cl)nc21. The van der Waals surface area contributed by atoms with Crippen molar-refractivity contribution in [2.75, 3.05) is 0 Å². The molecule has 0 aliphatic heterocycles. The summed E-state index contributed by atoms with van der Waals surface area (Å²) in [4.78, 5) is 8.08. The normalized spacial score (nSPS) is 24.6. The van der Waals surface area contributed by atoms with Gasteiger partial charge in [0.25, 0.3) is 0 Å². The van der Waals surface area contributed by atoms with E-state index in [4.69, 9.17) is 11.6 Å². The monoisotopic (exact) mass is 317 g/mol. The predicted molar refractivity (Wildman–Crippen MR) is 64.7 cm³/mol. The van der Waals surface area contributed by atoms with E-state index in [9.17, 15) is 5.11 Å². The van der Waals surface area contributed by atoms with Crippen LogP contribution >= 0.6 is 27.5 Å². The fourth-order valence-corrected chi connectivity index (χ4v) is 2.89. The Morgan fingerprint density at radius 3 is 2.88 bits per heavy atom. The highest BCUT2D eigenvalue weighted by Crippen LogP contribution is 2.32. The number of aromatic nitrogens is 5. The first-order valence-electron chi connectivity index (χ1n) is 5.29. The third kappa shape index (κ3) is 1.82. The van der Waals surface area contributed by atoms with Crippen LogP contribution in [0.2, 0.25) is 5.28 Å². The lowest BCUT2D eigenvalue weighted by molar-refractivity contribution is 0.131. The van der Waals surface area contributed by atoms with E-state index in [0.717, 1.165) is 19.3 Å². The van der Waals surface area contributed by atoms with Crippen molar-refractivity contribution in [1.29, 1.82) is 0 Å². The molecule has 0 bridgehead atoms. The van der Waals surface area contributed by atoms with Gasteiger partial charge in [0.15, 0.2) is 11.2 Å². The van der Waals surface area contributed by atoms with E-state index in [-0.39, 0.29) is 11.3 Å². The third-order valence-electron chi connectivity index (χ3n) is 3.01. The van der Waals surface area contributed by atoms with Crippen molar-refractivity contribution in [2.24, 2.45) is 0 Å². The van der Waals surface area contributed by atoms with Gasteiger partial charge in [-0.25, -0.2) is 9.67 Å². The van der Waals surface area contributed by atoms with Gasteiger partial charge in [0.1, 0.15) is 4.60 Å². The number of aliphatic hydroxyl groups excluding tert-OH is 1. The number of halogens is 2. The molecule has 0 amide bonds. The van der Waals surface area contributed by atoms with Crippen molar-refractivity contribution in [2.45, 2.75) is 31.4 Å². The van der Waals surface area contributed by atoms with Gasteiger partial charge in [-0.05, 0) is 46.8 Å². The van der Waals surface area contributed by atoms with Crippen molar-refractivity contribution < 1.29 is 5.11 Å². The van der Waals surface area contributed by atoms with Crippen molar-refractivity contribution >= 4 is 38.7 Å². The van der Waals surface area contributed by atoms with E-state index in [1.165, 1.54) is 0 Å². The van der Waals surface area contributed by atoms with Crippen LogP contribution in [-0.4, -0.2) is 36.2 Å². The molecule has 90 valence electrons. The van der Waals surface area contributed by atoms with E-state index in [2.05, 4.69) is 36.2 Å². The van der Waals surface area contributed by atoms with Crippen LogP contribution in [0.15, 0.2) is 4.60 Å². The Hall–Kier alpha value is -0.790. The summed E-state index contributed by atoms with van der Waals surface area (Å²) in [5.41, 5.74) is 1.12. The topological polar surface area (TPSA) is 76.7 Å². The number of hydrogen-bond donors (Lipinski definition) is 1. The molecule has 1 saturated carbocycles. The van der Waals surface area contributed by atoms with Gasteiger partial charge in [-0.15, -0.1) is 5.10 Å². The molecular weight excluding hydrogens is 309 g/mol. The quantitative estimate of drug-likeness (QED) is 0.640. The van der Waals surface area contributed by atoms with Gasteiger partial charge in [-0.1, -0.05) is 5.21 Å². The molecule has 6 nitrogen and oxygen atoms in total. The molecule has 0 radical (unpaired) electrons. The molecule has 2 atom stereocenters. The molecule has 0 spiro atoms. The highest BCUT2D eigenvalue weighted by atomic mass is 79.9. The van der Waals surface area contributed by atoms with Gasteiger partial charge in [0.2, 0.25) is 5.28 Å². The summed E-state index contributed by atoms with van der Waals surface area (Å²) in [6.07, 6.45) is 2.24. The van der Waals surface area contributed by atoms with Crippen LogP contribution in [-0.2, 0) is 0 Å². The summed E-state index contributed by atoms with van der Waals surface area (Å²) in [6, 6.07) is -0.0714. The average molecular weight is 319 g/mol. The lowest BCUT2D eigenvalue weighted by Gasteiger charge is -2.14.